The lowest BCUT2D eigenvalue weighted by atomic mass is 10.1. The Bertz CT molecular complexity index is 636. The van der Waals surface area contributed by atoms with Gasteiger partial charge in [0.15, 0.2) is 0 Å². The first-order chi connectivity index (χ1) is 9.90. The second-order valence-corrected chi connectivity index (χ2v) is 4.72. The van der Waals surface area contributed by atoms with E-state index in [1.165, 1.54) is 19.2 Å². The van der Waals surface area contributed by atoms with Crippen molar-refractivity contribution in [1.82, 2.24) is 4.90 Å². The fourth-order valence-corrected chi connectivity index (χ4v) is 1.70. The smallest absolute Gasteiger partial charge is 0.416 e. The van der Waals surface area contributed by atoms with Gasteiger partial charge < -0.3 is 4.74 Å². The Labute approximate surface area is 132 Å². The number of rotatable bonds is 3. The van der Waals surface area contributed by atoms with Gasteiger partial charge in [0.25, 0.3) is 5.91 Å². The van der Waals surface area contributed by atoms with Crippen LogP contribution in [0.1, 0.15) is 12.5 Å². The van der Waals surface area contributed by atoms with Gasteiger partial charge in [0.2, 0.25) is 0 Å². The molecule has 0 N–H and O–H groups in total. The molecule has 0 atom stereocenters. The van der Waals surface area contributed by atoms with Crippen molar-refractivity contribution < 1.29 is 14.3 Å². The van der Waals surface area contributed by atoms with Crippen LogP contribution in [0.4, 0.5) is 4.79 Å². The average molecular weight is 327 g/mol. The number of ether oxygens (including phenoxy) is 1. The molecule has 1 rings (SSSR count). The lowest BCUT2D eigenvalue weighted by Gasteiger charge is -2.13. The molecule has 5 nitrogen and oxygen atoms in total. The Hall–Kier alpha value is -2.03. The number of hydrogen-bond acceptors (Lipinski definition) is 4. The van der Waals surface area contributed by atoms with Gasteiger partial charge in [-0.15, -0.1) is 0 Å². The van der Waals surface area contributed by atoms with Crippen molar-refractivity contribution in [3.05, 3.63) is 39.4 Å². The van der Waals surface area contributed by atoms with Crippen molar-refractivity contribution in [2.45, 2.75) is 6.92 Å². The summed E-state index contributed by atoms with van der Waals surface area (Å²) in [6.07, 6.45) is 0.498. The highest BCUT2D eigenvalue weighted by molar-refractivity contribution is 6.42. The maximum atomic E-state index is 12.0. The fraction of sp³-hybridized carbons (Fsp3) is 0.214. The van der Waals surface area contributed by atoms with Gasteiger partial charge in [0, 0.05) is 7.05 Å². The predicted molar refractivity (Wildman–Crippen MR) is 79.8 cm³/mol. The molecule has 1 aromatic carbocycles. The van der Waals surface area contributed by atoms with Crippen LogP contribution in [-0.4, -0.2) is 30.6 Å². The van der Waals surface area contributed by atoms with Crippen LogP contribution in [0.15, 0.2) is 23.8 Å². The third-order valence-corrected chi connectivity index (χ3v) is 3.19. The Balaban J connectivity index is 3.04. The minimum Gasteiger partial charge on any atom is -0.449 e. The monoisotopic (exact) mass is 326 g/mol. The number of carbonyl (C=O) groups excluding carboxylic acids is 2. The number of hydrogen-bond donors (Lipinski definition) is 0. The van der Waals surface area contributed by atoms with Gasteiger partial charge in [-0.25, -0.2) is 9.69 Å². The van der Waals surface area contributed by atoms with Crippen molar-refractivity contribution in [2.24, 2.45) is 0 Å². The highest BCUT2D eigenvalue weighted by Crippen LogP contribution is 2.23. The minimum atomic E-state index is -0.821. The number of halogens is 2. The standard InChI is InChI=1S/C14H12Cl2N2O3/c1-3-21-14(20)18(2)13(19)10(8-17)6-9-4-5-11(15)12(16)7-9/h4-7H,3H2,1-2H3/b10-6+. The molecule has 1 aromatic rings. The topological polar surface area (TPSA) is 70.4 Å². The molecule has 0 aromatic heterocycles. The summed E-state index contributed by atoms with van der Waals surface area (Å²) in [4.78, 5) is 24.2. The minimum absolute atomic E-state index is 0.134. The molecule has 0 saturated carbocycles. The molecule has 0 saturated heterocycles. The number of amides is 2. The third-order valence-electron chi connectivity index (χ3n) is 2.45. The van der Waals surface area contributed by atoms with E-state index in [4.69, 9.17) is 33.2 Å². The number of nitriles is 1. The largest absolute Gasteiger partial charge is 0.449 e. The van der Waals surface area contributed by atoms with Crippen molar-refractivity contribution in [1.29, 1.82) is 5.26 Å². The van der Waals surface area contributed by atoms with Gasteiger partial charge in [-0.3, -0.25) is 4.79 Å². The number of nitrogens with zero attached hydrogens (tertiary/aromatic N) is 2. The molecule has 0 aliphatic heterocycles. The Morgan fingerprint density at radius 3 is 2.57 bits per heavy atom. The molecule has 110 valence electrons. The van der Waals surface area contributed by atoms with Crippen molar-refractivity contribution >= 4 is 41.3 Å². The summed E-state index contributed by atoms with van der Waals surface area (Å²) in [6, 6.07) is 6.41. The summed E-state index contributed by atoms with van der Waals surface area (Å²) in [6.45, 7) is 1.75. The molecule has 2 amide bonds. The van der Waals surface area contributed by atoms with Crippen LogP contribution in [0.25, 0.3) is 6.08 Å². The number of benzene rings is 1. The van der Waals surface area contributed by atoms with Crippen molar-refractivity contribution in [3.8, 4) is 6.07 Å². The zero-order chi connectivity index (χ0) is 16.0. The molecule has 0 aliphatic rings. The van der Waals surface area contributed by atoms with Gasteiger partial charge in [0.1, 0.15) is 11.6 Å². The molecule has 0 unspecified atom stereocenters. The van der Waals surface area contributed by atoms with Gasteiger partial charge in [-0.05, 0) is 30.7 Å². The summed E-state index contributed by atoms with van der Waals surface area (Å²) in [5.74, 6) is -0.762. The van der Waals surface area contributed by atoms with Crippen LogP contribution in [0.3, 0.4) is 0 Å². The second-order valence-electron chi connectivity index (χ2n) is 3.91. The lowest BCUT2D eigenvalue weighted by Crippen LogP contribution is -2.34. The SMILES string of the molecule is CCOC(=O)N(C)C(=O)/C(C#N)=C/c1ccc(Cl)c(Cl)c1. The first kappa shape index (κ1) is 17.0. The molecule has 0 spiro atoms. The van der Waals surface area contributed by atoms with Crippen LogP contribution in [0, 0.1) is 11.3 Å². The van der Waals surface area contributed by atoms with Gasteiger partial charge >= 0.3 is 6.09 Å². The molecule has 0 radical (unpaired) electrons. The Morgan fingerprint density at radius 1 is 1.38 bits per heavy atom. The van der Waals surface area contributed by atoms with Crippen LogP contribution < -0.4 is 0 Å². The van der Waals surface area contributed by atoms with E-state index in [9.17, 15) is 9.59 Å². The Kier molecular flexibility index (Phi) is 6.22. The summed E-state index contributed by atoms with van der Waals surface area (Å²) in [5.41, 5.74) is 0.301. The quantitative estimate of drug-likeness (QED) is 0.629. The first-order valence-electron chi connectivity index (χ1n) is 5.92. The number of carbonyl (C=O) groups is 2. The second kappa shape index (κ2) is 7.67. The molecule has 0 fully saturated rings. The van der Waals surface area contributed by atoms with Crippen LogP contribution in [0.5, 0.6) is 0 Å². The van der Waals surface area contributed by atoms with Gasteiger partial charge in [0.05, 0.1) is 16.7 Å². The highest BCUT2D eigenvalue weighted by atomic mass is 35.5. The first-order valence-corrected chi connectivity index (χ1v) is 6.68. The molecule has 0 heterocycles. The third kappa shape index (κ3) is 4.48. The van der Waals surface area contributed by atoms with E-state index in [2.05, 4.69) is 0 Å². The number of imide groups is 1. The highest BCUT2D eigenvalue weighted by Gasteiger charge is 2.21. The molecule has 7 heteroatoms. The Morgan fingerprint density at radius 2 is 2.05 bits per heavy atom. The maximum absolute atomic E-state index is 12.0. The molecule has 0 bridgehead atoms. The molecular weight excluding hydrogens is 315 g/mol. The number of likely N-dealkylation sites (N-methyl/N-ethyl adjacent to an activating group) is 1. The van der Waals surface area contributed by atoms with Crippen LogP contribution in [-0.2, 0) is 9.53 Å². The maximum Gasteiger partial charge on any atom is 0.416 e. The lowest BCUT2D eigenvalue weighted by molar-refractivity contribution is -0.123. The van der Waals surface area contributed by atoms with Crippen LogP contribution in [0.2, 0.25) is 10.0 Å². The molecule has 21 heavy (non-hydrogen) atoms. The van der Waals surface area contributed by atoms with Crippen LogP contribution >= 0.6 is 23.2 Å². The van der Waals surface area contributed by atoms with E-state index in [1.54, 1.807) is 25.1 Å². The summed E-state index contributed by atoms with van der Waals surface area (Å²) in [5, 5.41) is 9.73. The zero-order valence-corrected chi connectivity index (χ0v) is 12.9. The van der Waals surface area contributed by atoms with Gasteiger partial charge in [-0.1, -0.05) is 29.3 Å². The summed E-state index contributed by atoms with van der Waals surface area (Å²) < 4.78 is 4.70. The van der Waals surface area contributed by atoms with Crippen molar-refractivity contribution in [3.63, 3.8) is 0 Å². The summed E-state index contributed by atoms with van der Waals surface area (Å²) >= 11 is 11.6. The summed E-state index contributed by atoms with van der Waals surface area (Å²) in [7, 11) is 1.24. The van der Waals surface area contributed by atoms with E-state index in [0.29, 0.717) is 15.6 Å². The van der Waals surface area contributed by atoms with E-state index in [-0.39, 0.29) is 12.2 Å². The van der Waals surface area contributed by atoms with E-state index in [0.717, 1.165) is 4.90 Å². The van der Waals surface area contributed by atoms with E-state index in [1.807, 2.05) is 0 Å². The predicted octanol–water partition coefficient (Wildman–Crippen LogP) is 3.52. The molecule has 0 aliphatic carbocycles. The normalized spacial score (nSPS) is 10.7. The average Bonchev–Trinajstić information content (AvgIpc) is 2.47. The molecular formula is C14H12Cl2N2O3. The fourth-order valence-electron chi connectivity index (χ4n) is 1.39. The van der Waals surface area contributed by atoms with Crippen molar-refractivity contribution in [2.75, 3.05) is 13.7 Å². The van der Waals surface area contributed by atoms with Gasteiger partial charge in [-0.2, -0.15) is 5.26 Å². The van der Waals surface area contributed by atoms with E-state index >= 15 is 0 Å². The zero-order valence-electron chi connectivity index (χ0n) is 11.4. The van der Waals surface area contributed by atoms with E-state index < -0.39 is 12.0 Å².